The van der Waals surface area contributed by atoms with Crippen molar-refractivity contribution in [2.45, 2.75) is 95.3 Å². The van der Waals surface area contributed by atoms with E-state index >= 15 is 0 Å². The minimum atomic E-state index is -3.52. The van der Waals surface area contributed by atoms with Crippen LogP contribution >= 0.6 is 11.6 Å². The summed E-state index contributed by atoms with van der Waals surface area (Å²) < 4.78 is 33.4. The van der Waals surface area contributed by atoms with Gasteiger partial charge in [0, 0.05) is 42.2 Å². The maximum atomic E-state index is 14.3. The second-order valence-corrected chi connectivity index (χ2v) is 18.2. The van der Waals surface area contributed by atoms with Gasteiger partial charge in [0.25, 0.3) is 5.91 Å². The van der Waals surface area contributed by atoms with Gasteiger partial charge < -0.3 is 24.8 Å². The van der Waals surface area contributed by atoms with Crippen molar-refractivity contribution in [3.63, 3.8) is 0 Å². The van der Waals surface area contributed by atoms with Crippen molar-refractivity contribution in [2.24, 2.45) is 22.1 Å². The van der Waals surface area contributed by atoms with E-state index in [1.165, 1.54) is 11.1 Å². The van der Waals surface area contributed by atoms with Crippen LogP contribution in [0.25, 0.3) is 0 Å². The van der Waals surface area contributed by atoms with Gasteiger partial charge in [0.15, 0.2) is 0 Å². The summed E-state index contributed by atoms with van der Waals surface area (Å²) in [6.07, 6.45) is 8.35. The van der Waals surface area contributed by atoms with E-state index < -0.39 is 27.5 Å². The van der Waals surface area contributed by atoms with Crippen LogP contribution in [-0.4, -0.2) is 71.6 Å². The van der Waals surface area contributed by atoms with Gasteiger partial charge in [-0.3, -0.25) is 9.52 Å². The Kier molecular flexibility index (Phi) is 11.1. The lowest BCUT2D eigenvalue weighted by Gasteiger charge is -2.45. The fraction of sp³-hybridized carbons (Fsp3) is 0.590. The Balaban J connectivity index is 1.32. The topological polar surface area (TPSA) is 130 Å². The molecule has 2 fully saturated rings. The number of urea groups is 1. The van der Waals surface area contributed by atoms with Crippen molar-refractivity contribution in [2.75, 3.05) is 37.5 Å². The molecule has 4 aliphatic rings. The molecule has 3 aliphatic carbocycles. The third-order valence-corrected chi connectivity index (χ3v) is 13.7. The number of nitrogens with zero attached hydrogens (tertiary/aromatic N) is 2. The molecule has 6 rings (SSSR count). The van der Waals surface area contributed by atoms with Crippen LogP contribution in [0, 0.1) is 17.8 Å². The molecule has 3 N–H and O–H groups in total. The average molecular weight is 741 g/mol. The molecule has 0 aromatic heterocycles. The molecular weight excluding hydrogens is 688 g/mol. The number of rotatable bonds is 11. The number of amides is 3. The van der Waals surface area contributed by atoms with E-state index in [0.29, 0.717) is 50.0 Å². The number of ether oxygens (including phenoxy) is 2. The molecule has 12 heteroatoms. The predicted molar refractivity (Wildman–Crippen MR) is 202 cm³/mol. The van der Waals surface area contributed by atoms with Gasteiger partial charge in [-0.15, -0.1) is 10.9 Å². The highest BCUT2D eigenvalue weighted by Gasteiger charge is 2.44. The zero-order chi connectivity index (χ0) is 36.6. The van der Waals surface area contributed by atoms with Crippen molar-refractivity contribution < 1.29 is 28.4 Å². The van der Waals surface area contributed by atoms with Crippen molar-refractivity contribution in [3.05, 3.63) is 70.8 Å². The zero-order valence-corrected chi connectivity index (χ0v) is 31.9. The monoisotopic (exact) mass is 740 g/mol. The normalized spacial score (nSPS) is 29.0. The quantitative estimate of drug-likeness (QED) is 0.216. The Hall–Kier alpha value is -3.12. The third-order valence-electron chi connectivity index (χ3n) is 11.5. The molecule has 2 aromatic carbocycles. The molecule has 0 saturated heterocycles. The van der Waals surface area contributed by atoms with Gasteiger partial charge in [0.1, 0.15) is 15.7 Å². The van der Waals surface area contributed by atoms with Crippen molar-refractivity contribution in [3.8, 4) is 5.75 Å². The molecule has 2 aromatic rings. The molecule has 6 atom stereocenters. The summed E-state index contributed by atoms with van der Waals surface area (Å²) in [5.74, 6) is 0.685. The molecule has 3 amide bonds. The third kappa shape index (κ3) is 8.42. The van der Waals surface area contributed by atoms with E-state index in [2.05, 4.69) is 44.9 Å². The summed E-state index contributed by atoms with van der Waals surface area (Å²) in [5, 5.41) is 13.6. The van der Waals surface area contributed by atoms with Gasteiger partial charge >= 0.3 is 6.03 Å². The smallest absolute Gasteiger partial charge is 0.327 e. The molecule has 0 bridgehead atoms. The number of hydrogen-bond acceptors (Lipinski definition) is 7. The highest BCUT2D eigenvalue weighted by Crippen LogP contribution is 2.47. The highest BCUT2D eigenvalue weighted by molar-refractivity contribution is 7.92. The van der Waals surface area contributed by atoms with E-state index in [4.69, 9.17) is 21.1 Å². The van der Waals surface area contributed by atoms with Crippen molar-refractivity contribution in [1.29, 1.82) is 0 Å². The lowest BCUT2D eigenvalue weighted by molar-refractivity contribution is -0.0353. The minimum absolute atomic E-state index is 0.0204. The van der Waals surface area contributed by atoms with Crippen LogP contribution < -0.4 is 19.7 Å². The molecule has 10 nitrogen and oxygen atoms in total. The first-order chi connectivity index (χ1) is 24.2. The molecule has 1 spiro atoms. The van der Waals surface area contributed by atoms with Gasteiger partial charge in [-0.25, -0.2) is 9.00 Å². The maximum absolute atomic E-state index is 14.3. The van der Waals surface area contributed by atoms with E-state index in [9.17, 15) is 18.9 Å². The number of nitrogens with one attached hydrogen (secondary N) is 2. The Morgan fingerprint density at radius 1 is 1.24 bits per heavy atom. The Labute approximate surface area is 308 Å². The SMILES string of the molecule is C=CC[C@H](C)C[S@](=O)(=NC(=O)c1ccc2c(c1)N(C[C@@H]1CC[C@H]1[C@H](C)OC)C[C@@]1(CCCc3cc(Cl)ccc31)CO2)NC(=O)N[C@H]1C[C@@](C)(O)C1. The lowest BCUT2D eigenvalue weighted by Crippen LogP contribution is -2.56. The standard InChI is InChI=1S/C39H53ClN4O6S/c1-6-8-25(2)22-51(48,43-37(46)41-31-19-38(4,47)20-31)42-36(45)28-11-15-35-34(18-28)44(21-29-10-13-32(29)26(3)49-5)23-39(24-50-35)16-7-9-27-17-30(40)12-14-33(27)39/h6,11-12,14-15,17-18,25-26,29,31-32,47H,1,7-10,13,16,19-24H2,2-5H3,(H2,41,42,43,45,46,48)/t25-,26-,29-,31-,32-,38+,39-,51-/m0/s1. The molecule has 2 saturated carbocycles. The van der Waals surface area contributed by atoms with Crippen molar-refractivity contribution >= 4 is 39.1 Å². The van der Waals surface area contributed by atoms with Crippen LogP contribution in [-0.2, 0) is 26.5 Å². The van der Waals surface area contributed by atoms with Gasteiger partial charge in [-0.2, -0.15) is 0 Å². The first kappa shape index (κ1) is 37.6. The highest BCUT2D eigenvalue weighted by atomic mass is 35.5. The van der Waals surface area contributed by atoms with Crippen LogP contribution in [0.2, 0.25) is 5.02 Å². The van der Waals surface area contributed by atoms with Crippen molar-refractivity contribution in [1.82, 2.24) is 10.0 Å². The summed E-state index contributed by atoms with van der Waals surface area (Å²) in [5.41, 5.74) is 2.49. The number of methoxy groups -OCH3 is 1. The Morgan fingerprint density at radius 3 is 2.71 bits per heavy atom. The van der Waals surface area contributed by atoms with Gasteiger partial charge in [-0.05, 0) is 124 Å². The summed E-state index contributed by atoms with van der Waals surface area (Å²) in [4.78, 5) is 29.3. The molecule has 0 radical (unpaired) electrons. The number of halogens is 1. The second kappa shape index (κ2) is 15.1. The second-order valence-electron chi connectivity index (χ2n) is 15.7. The van der Waals surface area contributed by atoms with Crippen LogP contribution in [0.5, 0.6) is 5.75 Å². The number of allylic oxidation sites excluding steroid dienone is 1. The fourth-order valence-electron chi connectivity index (χ4n) is 8.63. The van der Waals surface area contributed by atoms with Crippen LogP contribution in [0.3, 0.4) is 0 Å². The zero-order valence-electron chi connectivity index (χ0n) is 30.3. The number of benzene rings is 2. The number of aryl methyl sites for hydroxylation is 1. The molecule has 278 valence electrons. The molecular formula is C39H53ClN4O6S. The molecule has 0 unspecified atom stereocenters. The summed E-state index contributed by atoms with van der Waals surface area (Å²) in [6, 6.07) is 10.6. The predicted octanol–water partition coefficient (Wildman–Crippen LogP) is 6.82. The van der Waals surface area contributed by atoms with E-state index in [1.54, 1.807) is 26.2 Å². The van der Waals surface area contributed by atoms with Gasteiger partial charge in [0.05, 0.1) is 29.8 Å². The van der Waals surface area contributed by atoms with Crippen LogP contribution in [0.1, 0.15) is 87.2 Å². The first-order valence-corrected chi connectivity index (χ1v) is 20.3. The van der Waals surface area contributed by atoms with E-state index in [1.807, 2.05) is 25.1 Å². The number of fused-ring (bicyclic) bond motifs is 3. The summed E-state index contributed by atoms with van der Waals surface area (Å²) >= 11 is 6.44. The molecule has 1 aliphatic heterocycles. The average Bonchev–Trinajstić information content (AvgIpc) is 3.18. The number of aliphatic hydroxyl groups is 1. The first-order valence-electron chi connectivity index (χ1n) is 18.3. The lowest BCUT2D eigenvalue weighted by atomic mass is 9.68. The fourth-order valence-corrected chi connectivity index (χ4v) is 10.7. The number of carbonyl (C=O) groups excluding carboxylic acids is 2. The molecule has 51 heavy (non-hydrogen) atoms. The Bertz CT molecular complexity index is 1770. The summed E-state index contributed by atoms with van der Waals surface area (Å²) in [7, 11) is -1.75. The van der Waals surface area contributed by atoms with Gasteiger partial charge in [-0.1, -0.05) is 30.7 Å². The Morgan fingerprint density at radius 2 is 2.02 bits per heavy atom. The number of anilines is 1. The van der Waals surface area contributed by atoms with E-state index in [0.717, 1.165) is 49.4 Å². The number of carbonyl (C=O) groups is 2. The minimum Gasteiger partial charge on any atom is -0.490 e. The molecule has 1 heterocycles. The summed E-state index contributed by atoms with van der Waals surface area (Å²) in [6.45, 7) is 11.5. The maximum Gasteiger partial charge on any atom is 0.327 e. The van der Waals surface area contributed by atoms with E-state index in [-0.39, 0.29) is 34.8 Å². The largest absolute Gasteiger partial charge is 0.490 e. The van der Waals surface area contributed by atoms with Crippen LogP contribution in [0.15, 0.2) is 53.4 Å². The van der Waals surface area contributed by atoms with Crippen LogP contribution in [0.4, 0.5) is 10.5 Å². The number of hydrogen-bond donors (Lipinski definition) is 3. The van der Waals surface area contributed by atoms with Gasteiger partial charge in [0.2, 0.25) is 0 Å².